The molecular weight excluding hydrogens is 286 g/mol. The lowest BCUT2D eigenvalue weighted by Gasteiger charge is -2.35. The molecule has 116 valence electrons. The van der Waals surface area contributed by atoms with E-state index in [4.69, 9.17) is 16.3 Å². The predicted octanol–water partition coefficient (Wildman–Crippen LogP) is 3.54. The number of para-hydroxylation sites is 1. The number of hydrogen-bond acceptors (Lipinski definition) is 2. The van der Waals surface area contributed by atoms with Crippen molar-refractivity contribution in [2.75, 3.05) is 19.5 Å². The van der Waals surface area contributed by atoms with Crippen LogP contribution in [0.15, 0.2) is 24.3 Å². The van der Waals surface area contributed by atoms with Crippen LogP contribution in [0.4, 0.5) is 0 Å². The maximum absolute atomic E-state index is 12.2. The van der Waals surface area contributed by atoms with Crippen molar-refractivity contribution in [2.24, 2.45) is 5.41 Å². The zero-order valence-electron chi connectivity index (χ0n) is 12.7. The van der Waals surface area contributed by atoms with E-state index in [2.05, 4.69) is 5.32 Å². The largest absolute Gasteiger partial charge is 0.496 e. The molecule has 1 aliphatic rings. The number of halogens is 1. The zero-order valence-corrected chi connectivity index (χ0v) is 13.4. The molecule has 0 atom stereocenters. The Morgan fingerprint density at radius 2 is 2.00 bits per heavy atom. The lowest BCUT2D eigenvalue weighted by Crippen LogP contribution is -2.40. The van der Waals surface area contributed by atoms with Crippen molar-refractivity contribution < 1.29 is 9.53 Å². The number of methoxy groups -OCH3 is 1. The zero-order chi connectivity index (χ0) is 15.1. The van der Waals surface area contributed by atoms with Crippen LogP contribution in [0, 0.1) is 5.41 Å². The molecule has 1 aromatic rings. The maximum Gasteiger partial charge on any atom is 0.224 e. The molecule has 21 heavy (non-hydrogen) atoms. The Kier molecular flexibility index (Phi) is 5.92. The van der Waals surface area contributed by atoms with Crippen molar-refractivity contribution in [3.63, 3.8) is 0 Å². The molecule has 1 saturated carbocycles. The summed E-state index contributed by atoms with van der Waals surface area (Å²) in [4.78, 5) is 12.2. The fourth-order valence-corrected chi connectivity index (χ4v) is 3.39. The minimum absolute atomic E-state index is 0.0366. The molecule has 1 aliphatic carbocycles. The van der Waals surface area contributed by atoms with E-state index in [1.165, 1.54) is 19.3 Å². The molecule has 2 rings (SSSR count). The van der Waals surface area contributed by atoms with Gasteiger partial charge in [0.1, 0.15) is 5.75 Å². The van der Waals surface area contributed by atoms with Crippen LogP contribution < -0.4 is 10.1 Å². The summed E-state index contributed by atoms with van der Waals surface area (Å²) in [6, 6.07) is 7.64. The highest BCUT2D eigenvalue weighted by Crippen LogP contribution is 2.36. The molecule has 1 aromatic carbocycles. The summed E-state index contributed by atoms with van der Waals surface area (Å²) in [5.41, 5.74) is 1.01. The minimum atomic E-state index is 0.0366. The van der Waals surface area contributed by atoms with Gasteiger partial charge in [-0.15, -0.1) is 11.6 Å². The minimum Gasteiger partial charge on any atom is -0.496 e. The third-order valence-electron chi connectivity index (χ3n) is 4.40. The van der Waals surface area contributed by atoms with E-state index in [1.807, 2.05) is 24.3 Å². The highest BCUT2D eigenvalue weighted by Gasteiger charge is 2.31. The number of carbonyl (C=O) groups excluding carboxylic acids is 1. The van der Waals surface area contributed by atoms with Crippen molar-refractivity contribution in [1.29, 1.82) is 0 Å². The Bertz CT molecular complexity index is 470. The summed E-state index contributed by atoms with van der Waals surface area (Å²) in [6.07, 6.45) is 6.30. The molecule has 3 nitrogen and oxygen atoms in total. The van der Waals surface area contributed by atoms with Gasteiger partial charge in [0, 0.05) is 23.4 Å². The predicted molar refractivity (Wildman–Crippen MR) is 85.9 cm³/mol. The Labute approximate surface area is 132 Å². The summed E-state index contributed by atoms with van der Waals surface area (Å²) in [6.45, 7) is 0.685. The first-order valence-electron chi connectivity index (χ1n) is 7.64. The molecule has 1 amide bonds. The van der Waals surface area contributed by atoms with Crippen molar-refractivity contribution in [2.45, 2.75) is 38.5 Å². The van der Waals surface area contributed by atoms with Gasteiger partial charge in [-0.05, 0) is 18.9 Å². The Balaban J connectivity index is 1.89. The Morgan fingerprint density at radius 1 is 1.29 bits per heavy atom. The number of ether oxygens (including phenoxy) is 1. The van der Waals surface area contributed by atoms with Gasteiger partial charge in [-0.2, -0.15) is 0 Å². The fourth-order valence-electron chi connectivity index (χ4n) is 3.03. The monoisotopic (exact) mass is 309 g/mol. The first-order valence-corrected chi connectivity index (χ1v) is 8.17. The summed E-state index contributed by atoms with van der Waals surface area (Å²) in [7, 11) is 1.63. The number of nitrogens with one attached hydrogen (secondary N) is 1. The van der Waals surface area contributed by atoms with Crippen LogP contribution in [-0.2, 0) is 11.2 Å². The standard InChI is InChI=1S/C17H24ClNO2/c1-21-15-8-4-3-7-14(15)11-16(20)19-13-17(12-18)9-5-2-6-10-17/h3-4,7-8H,2,5-6,9-13H2,1H3,(H,19,20). The second-order valence-corrected chi connectivity index (χ2v) is 6.23. The summed E-state index contributed by atoms with van der Waals surface area (Å²) >= 11 is 6.16. The van der Waals surface area contributed by atoms with Gasteiger partial charge < -0.3 is 10.1 Å². The number of alkyl halides is 1. The summed E-state index contributed by atoms with van der Waals surface area (Å²) in [5.74, 6) is 1.43. The van der Waals surface area contributed by atoms with Crippen molar-refractivity contribution >= 4 is 17.5 Å². The Hall–Kier alpha value is -1.22. The lowest BCUT2D eigenvalue weighted by molar-refractivity contribution is -0.121. The van der Waals surface area contributed by atoms with Crippen molar-refractivity contribution in [1.82, 2.24) is 5.32 Å². The smallest absolute Gasteiger partial charge is 0.224 e. The van der Waals surface area contributed by atoms with Gasteiger partial charge in [-0.25, -0.2) is 0 Å². The number of benzene rings is 1. The van der Waals surface area contributed by atoms with Crippen LogP contribution in [0.25, 0.3) is 0 Å². The van der Waals surface area contributed by atoms with E-state index >= 15 is 0 Å². The molecule has 0 radical (unpaired) electrons. The third-order valence-corrected chi connectivity index (χ3v) is 4.97. The molecule has 1 fully saturated rings. The normalized spacial score (nSPS) is 17.2. The van der Waals surface area contributed by atoms with Gasteiger partial charge in [0.25, 0.3) is 0 Å². The van der Waals surface area contributed by atoms with Crippen LogP contribution in [0.1, 0.15) is 37.7 Å². The van der Waals surface area contributed by atoms with Gasteiger partial charge >= 0.3 is 0 Å². The number of hydrogen-bond donors (Lipinski definition) is 1. The molecule has 0 unspecified atom stereocenters. The molecule has 0 aromatic heterocycles. The van der Waals surface area contributed by atoms with E-state index in [1.54, 1.807) is 7.11 Å². The molecule has 1 N–H and O–H groups in total. The fraction of sp³-hybridized carbons (Fsp3) is 0.588. The molecule has 0 saturated heterocycles. The van der Waals surface area contributed by atoms with E-state index in [0.29, 0.717) is 18.8 Å². The van der Waals surface area contributed by atoms with E-state index < -0.39 is 0 Å². The molecule has 0 bridgehead atoms. The molecule has 0 heterocycles. The van der Waals surface area contributed by atoms with E-state index in [-0.39, 0.29) is 11.3 Å². The lowest BCUT2D eigenvalue weighted by atomic mass is 9.75. The maximum atomic E-state index is 12.2. The van der Waals surface area contributed by atoms with Crippen LogP contribution in [0.3, 0.4) is 0 Å². The molecular formula is C17H24ClNO2. The Morgan fingerprint density at radius 3 is 2.67 bits per heavy atom. The van der Waals surface area contributed by atoms with Gasteiger partial charge in [0.15, 0.2) is 0 Å². The number of carbonyl (C=O) groups is 1. The number of rotatable bonds is 6. The van der Waals surface area contributed by atoms with Crippen LogP contribution in [-0.4, -0.2) is 25.4 Å². The quantitative estimate of drug-likeness (QED) is 0.816. The molecule has 0 spiro atoms. The molecule has 4 heteroatoms. The van der Waals surface area contributed by atoms with E-state index in [0.717, 1.165) is 24.2 Å². The second-order valence-electron chi connectivity index (χ2n) is 5.96. The van der Waals surface area contributed by atoms with Crippen molar-refractivity contribution in [3.8, 4) is 5.75 Å². The SMILES string of the molecule is COc1ccccc1CC(=O)NCC1(CCl)CCCCC1. The first kappa shape index (κ1) is 16.2. The highest BCUT2D eigenvalue weighted by atomic mass is 35.5. The topological polar surface area (TPSA) is 38.3 Å². The van der Waals surface area contributed by atoms with Gasteiger partial charge in [-0.1, -0.05) is 37.5 Å². The molecule has 0 aliphatic heterocycles. The van der Waals surface area contributed by atoms with E-state index in [9.17, 15) is 4.79 Å². The summed E-state index contributed by atoms with van der Waals surface area (Å²) in [5, 5.41) is 3.06. The third kappa shape index (κ3) is 4.37. The number of amides is 1. The van der Waals surface area contributed by atoms with Gasteiger partial charge in [0.2, 0.25) is 5.91 Å². The van der Waals surface area contributed by atoms with Crippen molar-refractivity contribution in [3.05, 3.63) is 29.8 Å². The van der Waals surface area contributed by atoms with Crippen LogP contribution in [0.2, 0.25) is 0 Å². The average molecular weight is 310 g/mol. The first-order chi connectivity index (χ1) is 10.2. The average Bonchev–Trinajstić information content (AvgIpc) is 2.54. The van der Waals surface area contributed by atoms with Crippen LogP contribution in [0.5, 0.6) is 5.75 Å². The highest BCUT2D eigenvalue weighted by molar-refractivity contribution is 6.18. The van der Waals surface area contributed by atoms with Gasteiger partial charge in [-0.3, -0.25) is 4.79 Å². The van der Waals surface area contributed by atoms with Crippen LogP contribution >= 0.6 is 11.6 Å². The second kappa shape index (κ2) is 7.69. The van der Waals surface area contributed by atoms with Gasteiger partial charge in [0.05, 0.1) is 13.5 Å². The summed E-state index contributed by atoms with van der Waals surface area (Å²) < 4.78 is 5.28.